The summed E-state index contributed by atoms with van der Waals surface area (Å²) in [6.45, 7) is 6.15. The monoisotopic (exact) mass is 367 g/mol. The van der Waals surface area contributed by atoms with E-state index in [1.54, 1.807) is 0 Å². The van der Waals surface area contributed by atoms with E-state index in [-0.39, 0.29) is 12.1 Å². The lowest BCUT2D eigenvalue weighted by molar-refractivity contribution is 0.242. The van der Waals surface area contributed by atoms with E-state index in [9.17, 15) is 0 Å². The Morgan fingerprint density at radius 2 is 1.71 bits per heavy atom. The van der Waals surface area contributed by atoms with Crippen molar-refractivity contribution >= 4 is 33.2 Å². The summed E-state index contributed by atoms with van der Waals surface area (Å²) in [5, 5.41) is 4.12. The van der Waals surface area contributed by atoms with Gasteiger partial charge in [-0.05, 0) is 56.7 Å². The van der Waals surface area contributed by atoms with Crippen LogP contribution in [0.25, 0.3) is 0 Å². The molecule has 0 saturated heterocycles. The number of nitrogens with one attached hydrogen (secondary N) is 1. The minimum absolute atomic E-state index is 0.164. The van der Waals surface area contributed by atoms with Crippen LogP contribution >= 0.6 is 27.5 Å². The molecule has 0 aromatic heterocycles. The Morgan fingerprint density at radius 1 is 1.05 bits per heavy atom. The molecule has 2 aromatic rings. The van der Waals surface area contributed by atoms with Gasteiger partial charge in [0, 0.05) is 10.5 Å². The molecule has 1 N–H and O–H groups in total. The lowest BCUT2D eigenvalue weighted by Gasteiger charge is -2.18. The highest BCUT2D eigenvalue weighted by atomic mass is 79.9. The summed E-state index contributed by atoms with van der Waals surface area (Å²) >= 11 is 9.64. The molecule has 0 aliphatic rings. The standard InChI is InChI=1S/C17H19BrClNO/c1-11(2)21-15-7-4-13(5-8-15)12(3)20-17-9-6-14(18)10-16(17)19/h4-12,20H,1-3H3. The summed E-state index contributed by atoms with van der Waals surface area (Å²) in [6.07, 6.45) is 0.188. The molecular formula is C17H19BrClNO. The lowest BCUT2D eigenvalue weighted by atomic mass is 10.1. The van der Waals surface area contributed by atoms with Gasteiger partial charge in [-0.25, -0.2) is 0 Å². The van der Waals surface area contributed by atoms with E-state index < -0.39 is 0 Å². The van der Waals surface area contributed by atoms with E-state index in [2.05, 4.69) is 40.3 Å². The van der Waals surface area contributed by atoms with Crippen LogP contribution in [0.5, 0.6) is 5.75 Å². The molecule has 2 rings (SSSR count). The van der Waals surface area contributed by atoms with Crippen molar-refractivity contribution in [3.05, 3.63) is 57.5 Å². The minimum atomic E-state index is 0.164. The highest BCUT2D eigenvalue weighted by Crippen LogP contribution is 2.29. The third-order valence-electron chi connectivity index (χ3n) is 3.06. The van der Waals surface area contributed by atoms with E-state index in [0.29, 0.717) is 5.02 Å². The second kappa shape index (κ2) is 7.19. The molecule has 4 heteroatoms. The second-order valence-electron chi connectivity index (χ2n) is 5.23. The summed E-state index contributed by atoms with van der Waals surface area (Å²) in [7, 11) is 0. The number of rotatable bonds is 5. The van der Waals surface area contributed by atoms with Crippen LogP contribution in [-0.4, -0.2) is 6.10 Å². The fraction of sp³-hybridized carbons (Fsp3) is 0.294. The first-order valence-corrected chi connectivity index (χ1v) is 8.11. The van der Waals surface area contributed by atoms with Gasteiger partial charge in [0.2, 0.25) is 0 Å². The Bertz CT molecular complexity index is 598. The second-order valence-corrected chi connectivity index (χ2v) is 6.55. The summed E-state index contributed by atoms with van der Waals surface area (Å²) in [4.78, 5) is 0. The van der Waals surface area contributed by atoms with Crippen molar-refractivity contribution in [2.24, 2.45) is 0 Å². The first-order valence-electron chi connectivity index (χ1n) is 6.94. The molecular weight excluding hydrogens is 350 g/mol. The number of ether oxygens (including phenoxy) is 1. The highest BCUT2D eigenvalue weighted by molar-refractivity contribution is 9.10. The largest absolute Gasteiger partial charge is 0.491 e. The van der Waals surface area contributed by atoms with Crippen molar-refractivity contribution in [1.29, 1.82) is 0 Å². The number of benzene rings is 2. The van der Waals surface area contributed by atoms with E-state index in [1.165, 1.54) is 5.56 Å². The lowest BCUT2D eigenvalue weighted by Crippen LogP contribution is -2.08. The molecule has 2 aromatic carbocycles. The third-order valence-corrected chi connectivity index (χ3v) is 3.86. The van der Waals surface area contributed by atoms with Gasteiger partial charge in [-0.15, -0.1) is 0 Å². The molecule has 0 amide bonds. The van der Waals surface area contributed by atoms with Gasteiger partial charge in [0.1, 0.15) is 5.75 Å². The topological polar surface area (TPSA) is 21.3 Å². The summed E-state index contributed by atoms with van der Waals surface area (Å²) in [5.74, 6) is 0.891. The molecule has 0 aliphatic carbocycles. The zero-order valence-corrected chi connectivity index (χ0v) is 14.7. The fourth-order valence-electron chi connectivity index (χ4n) is 2.03. The van der Waals surface area contributed by atoms with E-state index in [0.717, 1.165) is 15.9 Å². The number of hydrogen-bond donors (Lipinski definition) is 1. The number of halogens is 2. The molecule has 112 valence electrons. The normalized spacial score (nSPS) is 12.3. The Kier molecular flexibility index (Phi) is 5.54. The molecule has 0 saturated carbocycles. The van der Waals surface area contributed by atoms with E-state index >= 15 is 0 Å². The molecule has 0 fully saturated rings. The van der Waals surface area contributed by atoms with Crippen LogP contribution < -0.4 is 10.1 Å². The van der Waals surface area contributed by atoms with Crippen molar-refractivity contribution in [2.45, 2.75) is 32.9 Å². The first kappa shape index (κ1) is 16.2. The van der Waals surface area contributed by atoms with E-state index in [4.69, 9.17) is 16.3 Å². The van der Waals surface area contributed by atoms with Crippen molar-refractivity contribution in [3.63, 3.8) is 0 Å². The molecule has 0 bridgehead atoms. The average Bonchev–Trinajstić information content (AvgIpc) is 2.42. The predicted octanol–water partition coefficient (Wildman–Crippen LogP) is 6.06. The van der Waals surface area contributed by atoms with Crippen molar-refractivity contribution in [2.75, 3.05) is 5.32 Å². The molecule has 2 nitrogen and oxygen atoms in total. The first-order chi connectivity index (χ1) is 9.95. The Balaban J connectivity index is 2.07. The molecule has 0 spiro atoms. The van der Waals surface area contributed by atoms with Gasteiger partial charge in [0.25, 0.3) is 0 Å². The summed E-state index contributed by atoms with van der Waals surface area (Å²) in [5.41, 5.74) is 2.11. The third kappa shape index (κ3) is 4.65. The quantitative estimate of drug-likeness (QED) is 0.692. The minimum Gasteiger partial charge on any atom is -0.491 e. The Labute approximate surface area is 139 Å². The molecule has 1 atom stereocenters. The van der Waals surface area contributed by atoms with Gasteiger partial charge in [-0.1, -0.05) is 39.7 Å². The van der Waals surface area contributed by atoms with Crippen LogP contribution in [0.15, 0.2) is 46.9 Å². The zero-order valence-electron chi connectivity index (χ0n) is 12.4. The van der Waals surface area contributed by atoms with Gasteiger partial charge < -0.3 is 10.1 Å². The maximum atomic E-state index is 6.23. The Morgan fingerprint density at radius 3 is 2.29 bits per heavy atom. The fourth-order valence-corrected chi connectivity index (χ4v) is 2.76. The highest BCUT2D eigenvalue weighted by Gasteiger charge is 2.08. The van der Waals surface area contributed by atoms with Gasteiger partial charge in [-0.2, -0.15) is 0 Å². The van der Waals surface area contributed by atoms with Crippen molar-refractivity contribution < 1.29 is 4.74 Å². The predicted molar refractivity (Wildman–Crippen MR) is 93.4 cm³/mol. The average molecular weight is 369 g/mol. The van der Waals surface area contributed by atoms with Crippen LogP contribution in [0.3, 0.4) is 0 Å². The van der Waals surface area contributed by atoms with Crippen molar-refractivity contribution in [3.8, 4) is 5.75 Å². The van der Waals surface area contributed by atoms with Crippen LogP contribution in [0.4, 0.5) is 5.69 Å². The zero-order chi connectivity index (χ0) is 15.4. The van der Waals surface area contributed by atoms with Crippen LogP contribution in [0, 0.1) is 0 Å². The molecule has 21 heavy (non-hydrogen) atoms. The smallest absolute Gasteiger partial charge is 0.119 e. The van der Waals surface area contributed by atoms with Crippen LogP contribution in [0.2, 0.25) is 5.02 Å². The van der Waals surface area contributed by atoms with Gasteiger partial charge >= 0.3 is 0 Å². The van der Waals surface area contributed by atoms with Crippen molar-refractivity contribution in [1.82, 2.24) is 0 Å². The Hall–Kier alpha value is -1.19. The number of hydrogen-bond acceptors (Lipinski definition) is 2. The van der Waals surface area contributed by atoms with Gasteiger partial charge in [0.05, 0.1) is 16.8 Å². The molecule has 0 radical (unpaired) electrons. The SMILES string of the molecule is CC(C)Oc1ccc(C(C)Nc2ccc(Br)cc2Cl)cc1. The molecule has 0 aliphatic heterocycles. The van der Waals surface area contributed by atoms with E-state index in [1.807, 2.05) is 44.2 Å². The molecule has 0 heterocycles. The molecule has 1 unspecified atom stereocenters. The maximum absolute atomic E-state index is 6.23. The summed E-state index contributed by atoms with van der Waals surface area (Å²) < 4.78 is 6.63. The van der Waals surface area contributed by atoms with Gasteiger partial charge in [-0.3, -0.25) is 0 Å². The van der Waals surface area contributed by atoms with Crippen LogP contribution in [-0.2, 0) is 0 Å². The van der Waals surface area contributed by atoms with Crippen LogP contribution in [0.1, 0.15) is 32.4 Å². The summed E-state index contributed by atoms with van der Waals surface area (Å²) in [6, 6.07) is 14.1. The van der Waals surface area contributed by atoms with Gasteiger partial charge in [0.15, 0.2) is 0 Å². The maximum Gasteiger partial charge on any atom is 0.119 e. The number of anilines is 1.